The average molecular weight is 321 g/mol. The van der Waals surface area contributed by atoms with Gasteiger partial charge in [0, 0.05) is 20.3 Å². The van der Waals surface area contributed by atoms with Crippen molar-refractivity contribution in [1.29, 1.82) is 0 Å². The first kappa shape index (κ1) is 21.0. The first-order chi connectivity index (χ1) is 10.3. The Morgan fingerprint density at radius 2 is 1.29 bits per heavy atom. The maximum atomic E-state index is 6.00. The highest BCUT2D eigenvalue weighted by molar-refractivity contribution is 6.36. The first-order valence-corrected chi connectivity index (χ1v) is 9.82. The van der Waals surface area contributed by atoms with Crippen LogP contribution in [-0.2, 0) is 13.3 Å². The Hall–Kier alpha value is 0.0169. The van der Waals surface area contributed by atoms with Gasteiger partial charge in [0.25, 0.3) is 0 Å². The van der Waals surface area contributed by atoms with Crippen molar-refractivity contribution in [2.24, 2.45) is 0 Å². The molecule has 0 aliphatic rings. The van der Waals surface area contributed by atoms with Crippen molar-refractivity contribution in [2.75, 3.05) is 40.4 Å². The lowest BCUT2D eigenvalue weighted by molar-refractivity contribution is 0.0744. The second-order valence-electron chi connectivity index (χ2n) is 5.30. The van der Waals surface area contributed by atoms with Gasteiger partial charge >= 0.3 is 9.53 Å². The normalized spacial score (nSPS) is 11.7. The molecule has 0 aromatic carbocycles. The van der Waals surface area contributed by atoms with Crippen LogP contribution in [0.25, 0.3) is 0 Å². The van der Waals surface area contributed by atoms with Gasteiger partial charge in [-0.05, 0) is 64.7 Å². The molecule has 0 atom stereocenters. The van der Waals surface area contributed by atoms with Crippen molar-refractivity contribution in [3.63, 3.8) is 0 Å². The minimum Gasteiger partial charge on any atom is -0.379 e. The third-order valence-electron chi connectivity index (χ3n) is 3.30. The smallest absolute Gasteiger partial charge is 0.379 e. The SMILES string of the molecule is CCCNCCCC(CCCNCCC)O[SiH](OC)OC. The Bertz CT molecular complexity index is 193. The zero-order valence-electron chi connectivity index (χ0n) is 14.5. The van der Waals surface area contributed by atoms with E-state index in [1.54, 1.807) is 14.2 Å². The molecule has 2 N–H and O–H groups in total. The van der Waals surface area contributed by atoms with Crippen LogP contribution in [0.3, 0.4) is 0 Å². The highest BCUT2D eigenvalue weighted by Gasteiger charge is 2.18. The summed E-state index contributed by atoms with van der Waals surface area (Å²) in [5.74, 6) is 0. The quantitative estimate of drug-likeness (QED) is 0.336. The second kappa shape index (κ2) is 16.4. The highest BCUT2D eigenvalue weighted by Crippen LogP contribution is 2.11. The molecule has 5 nitrogen and oxygen atoms in total. The van der Waals surface area contributed by atoms with Crippen molar-refractivity contribution in [2.45, 2.75) is 58.5 Å². The van der Waals surface area contributed by atoms with Gasteiger partial charge in [0.2, 0.25) is 0 Å². The van der Waals surface area contributed by atoms with E-state index in [4.69, 9.17) is 13.3 Å². The third kappa shape index (κ3) is 13.4. The molecule has 0 rings (SSSR count). The predicted molar refractivity (Wildman–Crippen MR) is 90.8 cm³/mol. The maximum Gasteiger partial charge on any atom is 0.483 e. The molecule has 0 fully saturated rings. The van der Waals surface area contributed by atoms with Gasteiger partial charge in [0.05, 0.1) is 0 Å². The molecule has 0 radical (unpaired) electrons. The van der Waals surface area contributed by atoms with Gasteiger partial charge in [-0.15, -0.1) is 0 Å². The minimum atomic E-state index is -1.92. The number of nitrogens with one attached hydrogen (secondary N) is 2. The lowest BCUT2D eigenvalue weighted by atomic mass is 10.1. The van der Waals surface area contributed by atoms with E-state index in [0.29, 0.717) is 0 Å². The van der Waals surface area contributed by atoms with E-state index in [-0.39, 0.29) is 6.10 Å². The lowest BCUT2D eigenvalue weighted by Crippen LogP contribution is -2.31. The summed E-state index contributed by atoms with van der Waals surface area (Å²) in [6.45, 7) is 8.70. The standard InChI is InChI=1S/C15H36N2O3Si/c1-5-11-16-13-7-9-15(20-21(18-3)19-4)10-8-14-17-12-6-2/h15-17,21H,5-14H2,1-4H3. The van der Waals surface area contributed by atoms with E-state index in [0.717, 1.165) is 51.9 Å². The molecule has 0 saturated heterocycles. The summed E-state index contributed by atoms with van der Waals surface area (Å²) in [5, 5.41) is 6.87. The number of hydrogen-bond acceptors (Lipinski definition) is 5. The molecule has 0 aromatic heterocycles. The maximum absolute atomic E-state index is 6.00. The van der Waals surface area contributed by atoms with E-state index in [1.165, 1.54) is 12.8 Å². The van der Waals surface area contributed by atoms with E-state index >= 15 is 0 Å². The third-order valence-corrected chi connectivity index (χ3v) is 4.68. The minimum absolute atomic E-state index is 0.258. The van der Waals surface area contributed by atoms with Gasteiger partial charge in [-0.2, -0.15) is 0 Å². The van der Waals surface area contributed by atoms with Gasteiger partial charge in [-0.3, -0.25) is 0 Å². The van der Waals surface area contributed by atoms with E-state index in [9.17, 15) is 0 Å². The molecule has 128 valence electrons. The fourth-order valence-electron chi connectivity index (χ4n) is 2.16. The zero-order valence-corrected chi connectivity index (χ0v) is 15.6. The molecule has 0 unspecified atom stereocenters. The van der Waals surface area contributed by atoms with Crippen molar-refractivity contribution in [3.8, 4) is 0 Å². The van der Waals surface area contributed by atoms with Crippen LogP contribution in [0.15, 0.2) is 0 Å². The Morgan fingerprint density at radius 3 is 1.67 bits per heavy atom. The summed E-state index contributed by atoms with van der Waals surface area (Å²) in [7, 11) is 1.42. The number of hydrogen-bond donors (Lipinski definition) is 2. The Kier molecular flexibility index (Phi) is 16.4. The molecule has 0 aliphatic heterocycles. The van der Waals surface area contributed by atoms with Gasteiger partial charge in [-0.1, -0.05) is 13.8 Å². The predicted octanol–water partition coefficient (Wildman–Crippen LogP) is 1.94. The average Bonchev–Trinajstić information content (AvgIpc) is 2.51. The molecule has 0 heterocycles. The van der Waals surface area contributed by atoms with E-state index in [1.807, 2.05) is 0 Å². The van der Waals surface area contributed by atoms with Crippen LogP contribution in [0.1, 0.15) is 52.4 Å². The summed E-state index contributed by atoms with van der Waals surface area (Å²) in [6, 6.07) is 0. The summed E-state index contributed by atoms with van der Waals surface area (Å²) >= 11 is 0. The monoisotopic (exact) mass is 320 g/mol. The van der Waals surface area contributed by atoms with Crippen molar-refractivity contribution >= 4 is 9.53 Å². The molecule has 21 heavy (non-hydrogen) atoms. The van der Waals surface area contributed by atoms with Gasteiger partial charge in [-0.25, -0.2) is 0 Å². The summed E-state index contributed by atoms with van der Waals surface area (Å²) in [6.07, 6.45) is 7.05. The van der Waals surface area contributed by atoms with E-state index in [2.05, 4.69) is 24.5 Å². The molecule has 0 aromatic rings. The summed E-state index contributed by atoms with van der Waals surface area (Å²) < 4.78 is 16.6. The largest absolute Gasteiger partial charge is 0.483 e. The van der Waals surface area contributed by atoms with Crippen LogP contribution >= 0.6 is 0 Å². The molecule has 0 aliphatic carbocycles. The van der Waals surface area contributed by atoms with Gasteiger partial charge < -0.3 is 23.9 Å². The van der Waals surface area contributed by atoms with Crippen molar-refractivity contribution in [1.82, 2.24) is 10.6 Å². The fourth-order valence-corrected chi connectivity index (χ4v) is 3.16. The van der Waals surface area contributed by atoms with Crippen LogP contribution < -0.4 is 10.6 Å². The molecule has 0 bridgehead atoms. The van der Waals surface area contributed by atoms with Crippen LogP contribution in [0.5, 0.6) is 0 Å². The second-order valence-corrected chi connectivity index (χ2v) is 7.09. The summed E-state index contributed by atoms with van der Waals surface area (Å²) in [4.78, 5) is 0. The molecule has 0 amide bonds. The van der Waals surface area contributed by atoms with Gasteiger partial charge in [0.15, 0.2) is 0 Å². The molecular formula is C15H36N2O3Si. The Labute approximate surface area is 133 Å². The topological polar surface area (TPSA) is 51.8 Å². The summed E-state index contributed by atoms with van der Waals surface area (Å²) in [5.41, 5.74) is 0. The van der Waals surface area contributed by atoms with Crippen LogP contribution in [0.4, 0.5) is 0 Å². The highest BCUT2D eigenvalue weighted by atomic mass is 28.3. The molecule has 0 saturated carbocycles. The zero-order chi connectivity index (χ0) is 15.8. The Morgan fingerprint density at radius 1 is 0.810 bits per heavy atom. The lowest BCUT2D eigenvalue weighted by Gasteiger charge is -2.22. The molecule has 0 spiro atoms. The Balaban J connectivity index is 3.90. The van der Waals surface area contributed by atoms with Crippen LogP contribution in [-0.4, -0.2) is 56.0 Å². The first-order valence-electron chi connectivity index (χ1n) is 8.40. The van der Waals surface area contributed by atoms with E-state index < -0.39 is 9.53 Å². The molecular weight excluding hydrogens is 284 g/mol. The fraction of sp³-hybridized carbons (Fsp3) is 1.00. The van der Waals surface area contributed by atoms with Gasteiger partial charge in [0.1, 0.15) is 0 Å². The molecule has 6 heteroatoms. The van der Waals surface area contributed by atoms with Crippen molar-refractivity contribution in [3.05, 3.63) is 0 Å². The number of rotatable bonds is 16. The van der Waals surface area contributed by atoms with Crippen LogP contribution in [0.2, 0.25) is 0 Å². The van der Waals surface area contributed by atoms with Crippen molar-refractivity contribution < 1.29 is 13.3 Å². The van der Waals surface area contributed by atoms with Crippen LogP contribution in [0, 0.1) is 0 Å².